The lowest BCUT2D eigenvalue weighted by Gasteiger charge is -2.25. The molecule has 7 heteroatoms. The first-order valence-corrected chi connectivity index (χ1v) is 8.27. The summed E-state index contributed by atoms with van der Waals surface area (Å²) >= 11 is 5.29. The maximum absolute atomic E-state index is 12.3. The second-order valence-electron chi connectivity index (χ2n) is 6.69. The Bertz CT molecular complexity index is 773. The van der Waals surface area contributed by atoms with Gasteiger partial charge in [-0.25, -0.2) is 0 Å². The quantitative estimate of drug-likeness (QED) is 0.787. The van der Waals surface area contributed by atoms with Gasteiger partial charge in [0, 0.05) is 32.1 Å². The van der Waals surface area contributed by atoms with Crippen LogP contribution in [0.2, 0.25) is 0 Å². The third-order valence-corrected chi connectivity index (χ3v) is 3.95. The van der Waals surface area contributed by atoms with Crippen LogP contribution in [0.1, 0.15) is 25.8 Å². The minimum Gasteiger partial charge on any atom is -0.389 e. The fourth-order valence-corrected chi connectivity index (χ4v) is 2.82. The summed E-state index contributed by atoms with van der Waals surface area (Å²) in [6, 6.07) is 7.99. The Balaban J connectivity index is 2.13. The topological polar surface area (TPSA) is 74.2 Å². The SMILES string of the molecule is Cc1cccc(-c2n[nH]c(=S)n2CCC(=O)N(C)CC(C)(C)O)c1. The van der Waals surface area contributed by atoms with Crippen LogP contribution in [0.4, 0.5) is 0 Å². The van der Waals surface area contributed by atoms with E-state index in [-0.39, 0.29) is 12.5 Å². The summed E-state index contributed by atoms with van der Waals surface area (Å²) in [6.45, 7) is 6.10. The van der Waals surface area contributed by atoms with Gasteiger partial charge in [-0.15, -0.1) is 0 Å². The van der Waals surface area contributed by atoms with E-state index >= 15 is 0 Å². The first kappa shape index (κ1) is 18.4. The second kappa shape index (κ2) is 7.27. The average molecular weight is 348 g/mol. The fraction of sp³-hybridized carbons (Fsp3) is 0.471. The first-order valence-electron chi connectivity index (χ1n) is 7.86. The zero-order valence-electron chi connectivity index (χ0n) is 14.5. The summed E-state index contributed by atoms with van der Waals surface area (Å²) in [4.78, 5) is 13.8. The molecule has 0 aliphatic carbocycles. The molecule has 0 aliphatic rings. The number of hydrogen-bond acceptors (Lipinski definition) is 4. The predicted molar refractivity (Wildman–Crippen MR) is 96.1 cm³/mol. The van der Waals surface area contributed by atoms with E-state index in [1.807, 2.05) is 35.8 Å². The fourth-order valence-electron chi connectivity index (χ4n) is 2.60. The van der Waals surface area contributed by atoms with Gasteiger partial charge in [0.25, 0.3) is 0 Å². The van der Waals surface area contributed by atoms with Gasteiger partial charge in [-0.05, 0) is 39.1 Å². The van der Waals surface area contributed by atoms with Gasteiger partial charge >= 0.3 is 0 Å². The van der Waals surface area contributed by atoms with E-state index in [0.717, 1.165) is 17.0 Å². The number of hydrogen-bond donors (Lipinski definition) is 2. The molecule has 0 fully saturated rings. The molecule has 0 radical (unpaired) electrons. The van der Waals surface area contributed by atoms with Crippen LogP contribution < -0.4 is 0 Å². The summed E-state index contributed by atoms with van der Waals surface area (Å²) in [5.41, 5.74) is 1.18. The lowest BCUT2D eigenvalue weighted by atomic mass is 10.1. The maximum Gasteiger partial charge on any atom is 0.224 e. The third kappa shape index (κ3) is 4.75. The molecule has 0 saturated heterocycles. The number of rotatable bonds is 6. The van der Waals surface area contributed by atoms with Crippen molar-refractivity contribution in [2.75, 3.05) is 13.6 Å². The number of aromatic nitrogens is 3. The monoisotopic (exact) mass is 348 g/mol. The molecule has 1 amide bonds. The van der Waals surface area contributed by atoms with Gasteiger partial charge in [-0.1, -0.05) is 23.8 Å². The number of amides is 1. The van der Waals surface area contributed by atoms with Crippen molar-refractivity contribution in [1.82, 2.24) is 19.7 Å². The van der Waals surface area contributed by atoms with Crippen LogP contribution in [0.25, 0.3) is 11.4 Å². The predicted octanol–water partition coefficient (Wildman–Crippen LogP) is 2.54. The normalized spacial score (nSPS) is 11.5. The number of benzene rings is 1. The molecule has 6 nitrogen and oxygen atoms in total. The van der Waals surface area contributed by atoms with Crippen LogP contribution in [0.3, 0.4) is 0 Å². The highest BCUT2D eigenvalue weighted by Crippen LogP contribution is 2.19. The van der Waals surface area contributed by atoms with Gasteiger partial charge in [-0.2, -0.15) is 5.10 Å². The minimum absolute atomic E-state index is 0.0459. The molecule has 0 unspecified atom stereocenters. The van der Waals surface area contributed by atoms with Crippen molar-refractivity contribution in [1.29, 1.82) is 0 Å². The highest BCUT2D eigenvalue weighted by molar-refractivity contribution is 7.71. The molecular formula is C17H24N4O2S. The number of aromatic amines is 1. The molecule has 0 saturated carbocycles. The number of likely N-dealkylation sites (N-methyl/N-ethyl adjacent to an activating group) is 1. The number of carbonyl (C=O) groups excluding carboxylic acids is 1. The number of aryl methyl sites for hydroxylation is 1. The Morgan fingerprint density at radius 1 is 1.46 bits per heavy atom. The molecule has 0 aliphatic heterocycles. The molecular weight excluding hydrogens is 324 g/mol. The van der Waals surface area contributed by atoms with Crippen LogP contribution in [0.15, 0.2) is 24.3 Å². The Morgan fingerprint density at radius 3 is 2.79 bits per heavy atom. The maximum atomic E-state index is 12.3. The molecule has 2 rings (SSSR count). The number of carbonyl (C=O) groups is 1. The number of H-pyrrole nitrogens is 1. The van der Waals surface area contributed by atoms with Crippen LogP contribution in [-0.4, -0.2) is 49.9 Å². The van der Waals surface area contributed by atoms with Crippen molar-refractivity contribution in [3.63, 3.8) is 0 Å². The Labute approximate surface area is 147 Å². The van der Waals surface area contributed by atoms with Crippen LogP contribution in [0.5, 0.6) is 0 Å². The Hall–Kier alpha value is -1.99. The van der Waals surface area contributed by atoms with Gasteiger partial charge in [-0.3, -0.25) is 14.5 Å². The van der Waals surface area contributed by atoms with Crippen molar-refractivity contribution < 1.29 is 9.90 Å². The lowest BCUT2D eigenvalue weighted by Crippen LogP contribution is -2.39. The van der Waals surface area contributed by atoms with E-state index in [4.69, 9.17) is 12.2 Å². The molecule has 0 atom stereocenters. The molecule has 130 valence electrons. The van der Waals surface area contributed by atoms with Gasteiger partial charge in [0.15, 0.2) is 10.6 Å². The third-order valence-electron chi connectivity index (χ3n) is 3.63. The summed E-state index contributed by atoms with van der Waals surface area (Å²) in [6.07, 6.45) is 0.291. The van der Waals surface area contributed by atoms with Gasteiger partial charge < -0.3 is 10.0 Å². The molecule has 2 N–H and O–H groups in total. The van der Waals surface area contributed by atoms with Crippen molar-refractivity contribution in [3.8, 4) is 11.4 Å². The second-order valence-corrected chi connectivity index (χ2v) is 7.07. The van der Waals surface area contributed by atoms with Gasteiger partial charge in [0.1, 0.15) is 0 Å². The van der Waals surface area contributed by atoms with E-state index in [0.29, 0.717) is 17.7 Å². The zero-order valence-corrected chi connectivity index (χ0v) is 15.4. The van der Waals surface area contributed by atoms with Crippen LogP contribution in [-0.2, 0) is 11.3 Å². The van der Waals surface area contributed by atoms with E-state index in [9.17, 15) is 9.90 Å². The first-order chi connectivity index (χ1) is 11.2. The molecule has 1 aromatic carbocycles. The summed E-state index contributed by atoms with van der Waals surface area (Å²) in [7, 11) is 1.69. The van der Waals surface area contributed by atoms with Crippen molar-refractivity contribution >= 4 is 18.1 Å². The number of aliphatic hydroxyl groups is 1. The van der Waals surface area contributed by atoms with Crippen molar-refractivity contribution in [2.24, 2.45) is 0 Å². The molecule has 24 heavy (non-hydrogen) atoms. The largest absolute Gasteiger partial charge is 0.389 e. The zero-order chi connectivity index (χ0) is 17.9. The van der Waals surface area contributed by atoms with Crippen LogP contribution >= 0.6 is 12.2 Å². The average Bonchev–Trinajstić information content (AvgIpc) is 2.84. The molecule has 0 spiro atoms. The standard InChI is InChI=1S/C17H24N4O2S/c1-12-6-5-7-13(10-12)15-18-19-16(24)21(15)9-8-14(22)20(4)11-17(2,3)23/h5-7,10,23H,8-9,11H2,1-4H3,(H,19,24). The molecule has 2 aromatic rings. The summed E-state index contributed by atoms with van der Waals surface area (Å²) in [5.74, 6) is 0.678. The molecule has 0 bridgehead atoms. The Morgan fingerprint density at radius 2 is 2.17 bits per heavy atom. The minimum atomic E-state index is -0.914. The summed E-state index contributed by atoms with van der Waals surface area (Å²) in [5, 5.41) is 16.9. The highest BCUT2D eigenvalue weighted by Gasteiger charge is 2.19. The van der Waals surface area contributed by atoms with E-state index < -0.39 is 5.60 Å². The van der Waals surface area contributed by atoms with E-state index in [2.05, 4.69) is 10.2 Å². The summed E-state index contributed by atoms with van der Waals surface area (Å²) < 4.78 is 2.32. The van der Waals surface area contributed by atoms with E-state index in [1.165, 1.54) is 4.90 Å². The molecule has 1 heterocycles. The smallest absolute Gasteiger partial charge is 0.224 e. The molecule has 1 aromatic heterocycles. The Kier molecular flexibility index (Phi) is 5.56. The van der Waals surface area contributed by atoms with E-state index in [1.54, 1.807) is 20.9 Å². The van der Waals surface area contributed by atoms with Gasteiger partial charge in [0.2, 0.25) is 5.91 Å². The van der Waals surface area contributed by atoms with Crippen molar-refractivity contribution in [3.05, 3.63) is 34.6 Å². The number of nitrogens with zero attached hydrogens (tertiary/aromatic N) is 3. The van der Waals surface area contributed by atoms with Crippen molar-refractivity contribution in [2.45, 2.75) is 39.3 Å². The van der Waals surface area contributed by atoms with Crippen LogP contribution in [0, 0.1) is 11.7 Å². The lowest BCUT2D eigenvalue weighted by molar-refractivity contribution is -0.132. The van der Waals surface area contributed by atoms with Gasteiger partial charge in [0.05, 0.1) is 5.60 Å². The number of nitrogens with one attached hydrogen (secondary N) is 1. The highest BCUT2D eigenvalue weighted by atomic mass is 32.1.